The Morgan fingerprint density at radius 2 is 1.07 bits per heavy atom. The van der Waals surface area contributed by atoms with Crippen LogP contribution in [0.5, 0.6) is 0 Å². The molecule has 0 amide bonds. The summed E-state index contributed by atoms with van der Waals surface area (Å²) in [7, 11) is 0. The minimum Gasteiger partial charge on any atom is -0.0877 e. The third kappa shape index (κ3) is 40.6. The van der Waals surface area contributed by atoms with Gasteiger partial charge in [0, 0.05) is 0 Å². The van der Waals surface area contributed by atoms with Crippen LogP contribution in [0.25, 0.3) is 0 Å². The van der Waals surface area contributed by atoms with Gasteiger partial charge in [-0.15, -0.1) is 0 Å². The van der Waals surface area contributed by atoms with Gasteiger partial charge in [0.1, 0.15) is 0 Å². The van der Waals surface area contributed by atoms with E-state index in [0.717, 1.165) is 12.8 Å². The zero-order valence-corrected chi connectivity index (χ0v) is 22.3. The Morgan fingerprint density at radius 1 is 0.567 bits per heavy atom. The van der Waals surface area contributed by atoms with E-state index in [1.54, 1.807) is 0 Å². The fourth-order valence-electron chi connectivity index (χ4n) is 1.66. The summed E-state index contributed by atoms with van der Waals surface area (Å²) in [5.74, 6) is 0. The summed E-state index contributed by atoms with van der Waals surface area (Å²) < 4.78 is 0. The molecule has 172 valence electrons. The number of hydrogen-bond donors (Lipinski definition) is 0. The fraction of sp³-hybridized carbons (Fsp3) is 0.467. The third-order valence-corrected chi connectivity index (χ3v) is 3.80. The van der Waals surface area contributed by atoms with Crippen LogP contribution in [-0.2, 0) is 0 Å². The second kappa shape index (κ2) is 31.6. The minimum atomic E-state index is 1.14. The monoisotopic (exact) mass is 412 g/mol. The van der Waals surface area contributed by atoms with Crippen LogP contribution < -0.4 is 0 Å². The molecule has 0 spiro atoms. The summed E-state index contributed by atoms with van der Waals surface area (Å²) in [6, 6.07) is 0. The van der Waals surface area contributed by atoms with Crippen molar-refractivity contribution in [3.05, 3.63) is 95.2 Å². The lowest BCUT2D eigenvalue weighted by molar-refractivity contribution is 1.10. The van der Waals surface area contributed by atoms with Crippen molar-refractivity contribution in [2.24, 2.45) is 0 Å². The molecule has 0 saturated carbocycles. The van der Waals surface area contributed by atoms with Crippen LogP contribution >= 0.6 is 0 Å². The fourth-order valence-corrected chi connectivity index (χ4v) is 1.66. The van der Waals surface area contributed by atoms with Gasteiger partial charge in [0.05, 0.1) is 0 Å². The number of allylic oxidation sites excluding steroid dienone is 16. The van der Waals surface area contributed by atoms with E-state index in [9.17, 15) is 0 Å². The summed E-state index contributed by atoms with van der Waals surface area (Å²) in [5, 5.41) is 0. The van der Waals surface area contributed by atoms with Crippen molar-refractivity contribution in [1.29, 1.82) is 0 Å². The summed E-state index contributed by atoms with van der Waals surface area (Å²) in [6.07, 6.45) is 27.2. The first-order chi connectivity index (χ1) is 14.2. The van der Waals surface area contributed by atoms with Gasteiger partial charge in [-0.1, -0.05) is 109 Å². The van der Waals surface area contributed by atoms with Crippen molar-refractivity contribution >= 4 is 0 Å². The highest BCUT2D eigenvalue weighted by Gasteiger charge is 1.79. The SMILES string of the molecule is C/C=C\C(=C/C)CC.C/C=C\C(C)=C/C.C/C=C\C=C(/C)CC.C/C=C\C=C(C)C. The van der Waals surface area contributed by atoms with Gasteiger partial charge in [0.15, 0.2) is 0 Å². The highest BCUT2D eigenvalue weighted by molar-refractivity contribution is 5.16. The Bertz CT molecular complexity index is 575. The predicted molar refractivity (Wildman–Crippen MR) is 146 cm³/mol. The molecule has 0 aliphatic heterocycles. The van der Waals surface area contributed by atoms with Crippen molar-refractivity contribution in [1.82, 2.24) is 0 Å². The van der Waals surface area contributed by atoms with Crippen LogP contribution in [0.1, 0.15) is 95.9 Å². The predicted octanol–water partition coefficient (Wildman–Crippen LogP) is 10.9. The Morgan fingerprint density at radius 3 is 1.27 bits per heavy atom. The Hall–Kier alpha value is -2.08. The molecule has 0 radical (unpaired) electrons. The van der Waals surface area contributed by atoms with Crippen LogP contribution in [0.2, 0.25) is 0 Å². The first-order valence-electron chi connectivity index (χ1n) is 11.3. The Kier molecular flexibility index (Phi) is 37.3. The van der Waals surface area contributed by atoms with E-state index in [2.05, 4.69) is 97.1 Å². The molecule has 0 aromatic heterocycles. The van der Waals surface area contributed by atoms with Crippen molar-refractivity contribution < 1.29 is 0 Å². The quantitative estimate of drug-likeness (QED) is 0.380. The topological polar surface area (TPSA) is 0 Å². The lowest BCUT2D eigenvalue weighted by Gasteiger charge is -1.90. The molecule has 0 bridgehead atoms. The van der Waals surface area contributed by atoms with E-state index >= 15 is 0 Å². The lowest BCUT2D eigenvalue weighted by atomic mass is 10.2. The first-order valence-corrected chi connectivity index (χ1v) is 11.3. The summed E-state index contributed by atoms with van der Waals surface area (Å²) in [6.45, 7) is 24.9. The van der Waals surface area contributed by atoms with Crippen molar-refractivity contribution in [2.45, 2.75) is 95.9 Å². The molecule has 0 atom stereocenters. The molecular formula is C30H52. The molecule has 0 saturated heterocycles. The van der Waals surface area contributed by atoms with Gasteiger partial charge >= 0.3 is 0 Å². The summed E-state index contributed by atoms with van der Waals surface area (Å²) in [4.78, 5) is 0. The largest absolute Gasteiger partial charge is 0.0877 e. The van der Waals surface area contributed by atoms with E-state index in [0.29, 0.717) is 0 Å². The van der Waals surface area contributed by atoms with Gasteiger partial charge in [0.2, 0.25) is 0 Å². The molecule has 0 aliphatic carbocycles. The highest BCUT2D eigenvalue weighted by atomic mass is 13.9. The maximum absolute atomic E-state index is 2.16. The standard InChI is InChI=1S/2C8H14.2C7H12/c1-4-6-7-8(3)5-2;1-4-7-8(5-2)6-3;1-4-5-6-7(2)3;1-4-6-7(3)5-2/h4,6-7H,5H2,1-3H3;4-5,7H,6H2,1-3H3;2*4-6H,1-3H3/b6-4-,8-7+;7-4-,8-5-;5-4-;6-4-,7-5-. The van der Waals surface area contributed by atoms with Gasteiger partial charge in [-0.25, -0.2) is 0 Å². The molecule has 0 N–H and O–H groups in total. The van der Waals surface area contributed by atoms with E-state index < -0.39 is 0 Å². The Labute approximate surface area is 191 Å². The average molecular weight is 413 g/mol. The van der Waals surface area contributed by atoms with Crippen molar-refractivity contribution in [3.8, 4) is 0 Å². The second-order valence-electron chi connectivity index (χ2n) is 6.91. The van der Waals surface area contributed by atoms with Crippen LogP contribution in [0.15, 0.2) is 95.2 Å². The molecule has 30 heavy (non-hydrogen) atoms. The zero-order valence-electron chi connectivity index (χ0n) is 22.3. The molecule has 0 aromatic rings. The lowest BCUT2D eigenvalue weighted by Crippen LogP contribution is -1.69. The molecule has 0 fully saturated rings. The van der Waals surface area contributed by atoms with Crippen LogP contribution in [0.3, 0.4) is 0 Å². The van der Waals surface area contributed by atoms with Gasteiger partial charge < -0.3 is 0 Å². The van der Waals surface area contributed by atoms with Gasteiger partial charge in [-0.05, 0) is 82.1 Å². The summed E-state index contributed by atoms with van der Waals surface area (Å²) >= 11 is 0. The molecule has 0 unspecified atom stereocenters. The Balaban J connectivity index is -0.000000151. The van der Waals surface area contributed by atoms with Crippen LogP contribution in [0.4, 0.5) is 0 Å². The molecular weight excluding hydrogens is 360 g/mol. The maximum Gasteiger partial charge on any atom is -0.0311 e. The summed E-state index contributed by atoms with van der Waals surface area (Å²) in [5.41, 5.74) is 5.51. The molecule has 0 aromatic carbocycles. The molecule has 0 heteroatoms. The number of rotatable bonds is 6. The van der Waals surface area contributed by atoms with Crippen molar-refractivity contribution in [2.75, 3.05) is 0 Å². The van der Waals surface area contributed by atoms with E-state index in [4.69, 9.17) is 0 Å². The molecule has 0 heterocycles. The van der Waals surface area contributed by atoms with E-state index in [1.165, 1.54) is 22.3 Å². The minimum absolute atomic E-state index is 1.14. The smallest absolute Gasteiger partial charge is 0.0311 e. The van der Waals surface area contributed by atoms with Crippen LogP contribution in [-0.4, -0.2) is 0 Å². The van der Waals surface area contributed by atoms with Gasteiger partial charge in [-0.2, -0.15) is 0 Å². The normalized spacial score (nSPS) is 12.3. The second-order valence-corrected chi connectivity index (χ2v) is 6.91. The van der Waals surface area contributed by atoms with Gasteiger partial charge in [-0.3, -0.25) is 0 Å². The molecule has 0 nitrogen and oxygen atoms in total. The molecule has 0 rings (SSSR count). The molecule has 0 aliphatic rings. The van der Waals surface area contributed by atoms with Crippen LogP contribution in [0, 0.1) is 0 Å². The van der Waals surface area contributed by atoms with E-state index in [1.807, 2.05) is 58.9 Å². The maximum atomic E-state index is 2.16. The van der Waals surface area contributed by atoms with Crippen molar-refractivity contribution in [3.63, 3.8) is 0 Å². The zero-order chi connectivity index (χ0) is 24.2. The van der Waals surface area contributed by atoms with E-state index in [-0.39, 0.29) is 0 Å². The number of hydrogen-bond acceptors (Lipinski definition) is 0. The highest BCUT2D eigenvalue weighted by Crippen LogP contribution is 2.00. The average Bonchev–Trinajstić information content (AvgIpc) is 2.75. The van der Waals surface area contributed by atoms with Gasteiger partial charge in [0.25, 0.3) is 0 Å². The first kappa shape index (κ1) is 35.4. The third-order valence-electron chi connectivity index (χ3n) is 3.80.